The molecule has 7 nitrogen and oxygen atoms in total. The van der Waals surface area contributed by atoms with Gasteiger partial charge in [0.15, 0.2) is 0 Å². The summed E-state index contributed by atoms with van der Waals surface area (Å²) in [5, 5.41) is 0. The lowest BCUT2D eigenvalue weighted by molar-refractivity contribution is 0.274. The quantitative estimate of drug-likeness (QED) is 0.398. The molecule has 0 atom stereocenters. The van der Waals surface area contributed by atoms with E-state index in [4.69, 9.17) is 0 Å². The molecular formula is C25H31N3O4S2. The van der Waals surface area contributed by atoms with E-state index in [1.165, 1.54) is 0 Å². The average molecular weight is 502 g/mol. The summed E-state index contributed by atoms with van der Waals surface area (Å²) in [4.78, 5) is 2.46. The van der Waals surface area contributed by atoms with Crippen LogP contribution in [0.5, 0.6) is 0 Å². The largest absolute Gasteiger partial charge is 0.296 e. The van der Waals surface area contributed by atoms with Crippen LogP contribution in [0.2, 0.25) is 0 Å². The van der Waals surface area contributed by atoms with Crippen LogP contribution in [0.3, 0.4) is 0 Å². The molecule has 0 aliphatic rings. The third kappa shape index (κ3) is 7.75. The van der Waals surface area contributed by atoms with Crippen molar-refractivity contribution in [3.05, 3.63) is 95.6 Å². The molecule has 0 radical (unpaired) electrons. The second-order valence-corrected chi connectivity index (χ2v) is 11.7. The van der Waals surface area contributed by atoms with E-state index in [9.17, 15) is 16.8 Å². The highest BCUT2D eigenvalue weighted by Crippen LogP contribution is 2.11. The zero-order chi connectivity index (χ0) is 24.6. The van der Waals surface area contributed by atoms with Gasteiger partial charge < -0.3 is 0 Å². The molecule has 3 aromatic rings. The molecule has 0 aliphatic carbocycles. The van der Waals surface area contributed by atoms with Crippen LogP contribution in [0.15, 0.2) is 88.7 Å². The first-order chi connectivity index (χ1) is 16.2. The fourth-order valence-corrected chi connectivity index (χ4v) is 5.43. The predicted molar refractivity (Wildman–Crippen MR) is 134 cm³/mol. The monoisotopic (exact) mass is 501 g/mol. The topological polar surface area (TPSA) is 95.6 Å². The van der Waals surface area contributed by atoms with Crippen LogP contribution in [0.4, 0.5) is 0 Å². The van der Waals surface area contributed by atoms with E-state index in [0.29, 0.717) is 19.6 Å². The second kappa shape index (κ2) is 11.7. The third-order valence-electron chi connectivity index (χ3n) is 5.35. The first-order valence-electron chi connectivity index (χ1n) is 11.0. The number of aryl methyl sites for hydroxylation is 2. The summed E-state index contributed by atoms with van der Waals surface area (Å²) in [6, 6.07) is 23.2. The van der Waals surface area contributed by atoms with Gasteiger partial charge >= 0.3 is 0 Å². The van der Waals surface area contributed by atoms with Crippen LogP contribution in [0.25, 0.3) is 0 Å². The van der Waals surface area contributed by atoms with E-state index in [0.717, 1.165) is 16.7 Å². The Morgan fingerprint density at radius 3 is 1.44 bits per heavy atom. The fourth-order valence-electron chi connectivity index (χ4n) is 3.39. The molecule has 0 heterocycles. The van der Waals surface area contributed by atoms with Gasteiger partial charge in [-0.3, -0.25) is 4.90 Å². The van der Waals surface area contributed by atoms with E-state index in [1.54, 1.807) is 48.5 Å². The summed E-state index contributed by atoms with van der Waals surface area (Å²) in [6.45, 7) is 5.62. The predicted octanol–water partition coefficient (Wildman–Crippen LogP) is 3.06. The SMILES string of the molecule is Cc1ccc(S(=O)(=O)NCCN(CCNS(=O)(=O)c2ccc(C)cc2)Cc2ccccc2)cc1. The van der Waals surface area contributed by atoms with Crippen molar-refractivity contribution in [3.8, 4) is 0 Å². The molecule has 3 aromatic carbocycles. The van der Waals surface area contributed by atoms with Gasteiger partial charge in [-0.15, -0.1) is 0 Å². The van der Waals surface area contributed by atoms with Gasteiger partial charge in [-0.1, -0.05) is 65.7 Å². The molecule has 0 aliphatic heterocycles. The zero-order valence-electron chi connectivity index (χ0n) is 19.4. The highest BCUT2D eigenvalue weighted by molar-refractivity contribution is 7.89. The van der Waals surface area contributed by atoms with Gasteiger partial charge in [0.1, 0.15) is 0 Å². The number of nitrogens with zero attached hydrogens (tertiary/aromatic N) is 1. The molecule has 182 valence electrons. The molecule has 0 amide bonds. The van der Waals surface area contributed by atoms with Gasteiger partial charge in [0.05, 0.1) is 9.79 Å². The Balaban J connectivity index is 1.60. The normalized spacial score (nSPS) is 12.2. The Labute approximate surface area is 202 Å². The van der Waals surface area contributed by atoms with Gasteiger partial charge in [0.25, 0.3) is 0 Å². The molecular weight excluding hydrogens is 470 g/mol. The van der Waals surface area contributed by atoms with E-state index >= 15 is 0 Å². The summed E-state index contributed by atoms with van der Waals surface area (Å²) < 4.78 is 55.6. The van der Waals surface area contributed by atoms with Crippen LogP contribution in [-0.2, 0) is 26.6 Å². The Kier molecular flexibility index (Phi) is 8.98. The number of sulfonamides is 2. The molecule has 0 bridgehead atoms. The summed E-state index contributed by atoms with van der Waals surface area (Å²) in [6.07, 6.45) is 0. The second-order valence-electron chi connectivity index (χ2n) is 8.18. The number of hydrogen-bond acceptors (Lipinski definition) is 5. The van der Waals surface area contributed by atoms with Gasteiger partial charge in [-0.25, -0.2) is 26.3 Å². The molecule has 0 aromatic heterocycles. The molecule has 0 spiro atoms. The highest BCUT2D eigenvalue weighted by Gasteiger charge is 2.16. The highest BCUT2D eigenvalue weighted by atomic mass is 32.2. The van der Waals surface area contributed by atoms with Gasteiger partial charge in [0, 0.05) is 32.7 Å². The van der Waals surface area contributed by atoms with Crippen LogP contribution in [-0.4, -0.2) is 47.9 Å². The standard InChI is InChI=1S/C25H31N3O4S2/c1-21-8-12-24(13-9-21)33(29,30)26-16-18-28(20-23-6-4-3-5-7-23)19-17-27-34(31,32)25-14-10-22(2)11-15-25/h3-15,26-27H,16-20H2,1-2H3. The summed E-state index contributed by atoms with van der Waals surface area (Å²) in [5.74, 6) is 0. The van der Waals surface area contributed by atoms with Crippen molar-refractivity contribution in [2.75, 3.05) is 26.2 Å². The van der Waals surface area contributed by atoms with Crippen LogP contribution < -0.4 is 9.44 Å². The van der Waals surface area contributed by atoms with Crippen molar-refractivity contribution >= 4 is 20.0 Å². The Bertz CT molecular complexity index is 1180. The average Bonchev–Trinajstić information content (AvgIpc) is 2.80. The number of rotatable bonds is 12. The van der Waals surface area contributed by atoms with Crippen molar-refractivity contribution in [1.82, 2.24) is 14.3 Å². The molecule has 9 heteroatoms. The molecule has 3 rings (SSSR count). The lowest BCUT2D eigenvalue weighted by atomic mass is 10.2. The molecule has 0 fully saturated rings. The lowest BCUT2D eigenvalue weighted by Crippen LogP contribution is -2.39. The van der Waals surface area contributed by atoms with Gasteiger partial charge in [0.2, 0.25) is 20.0 Å². The summed E-state index contributed by atoms with van der Waals surface area (Å²) in [7, 11) is -7.23. The van der Waals surface area contributed by atoms with Gasteiger partial charge in [-0.2, -0.15) is 0 Å². The minimum absolute atomic E-state index is 0.202. The van der Waals surface area contributed by atoms with Crippen molar-refractivity contribution in [2.24, 2.45) is 0 Å². The Morgan fingerprint density at radius 1 is 0.618 bits per heavy atom. The molecule has 0 saturated heterocycles. The smallest absolute Gasteiger partial charge is 0.240 e. The zero-order valence-corrected chi connectivity index (χ0v) is 21.1. The lowest BCUT2D eigenvalue weighted by Gasteiger charge is -2.23. The maximum atomic E-state index is 12.6. The van der Waals surface area contributed by atoms with Crippen molar-refractivity contribution < 1.29 is 16.8 Å². The summed E-state index contributed by atoms with van der Waals surface area (Å²) in [5.41, 5.74) is 3.03. The molecule has 0 saturated carbocycles. The van der Waals surface area contributed by atoms with E-state index in [2.05, 4.69) is 9.44 Å². The number of hydrogen-bond donors (Lipinski definition) is 2. The molecule has 2 N–H and O–H groups in total. The van der Waals surface area contributed by atoms with Gasteiger partial charge in [-0.05, 0) is 43.7 Å². The van der Waals surface area contributed by atoms with E-state index < -0.39 is 20.0 Å². The van der Waals surface area contributed by atoms with Crippen molar-refractivity contribution in [3.63, 3.8) is 0 Å². The Morgan fingerprint density at radius 2 is 1.03 bits per heavy atom. The first-order valence-corrected chi connectivity index (χ1v) is 14.0. The minimum atomic E-state index is -3.62. The van der Waals surface area contributed by atoms with Crippen LogP contribution in [0.1, 0.15) is 16.7 Å². The molecule has 0 unspecified atom stereocenters. The van der Waals surface area contributed by atoms with E-state index in [-0.39, 0.29) is 22.9 Å². The van der Waals surface area contributed by atoms with Crippen molar-refractivity contribution in [2.45, 2.75) is 30.2 Å². The van der Waals surface area contributed by atoms with E-state index in [1.807, 2.05) is 49.1 Å². The fraction of sp³-hybridized carbons (Fsp3) is 0.280. The maximum absolute atomic E-state index is 12.6. The first kappa shape index (κ1) is 26.1. The minimum Gasteiger partial charge on any atom is -0.296 e. The van der Waals surface area contributed by atoms with Crippen LogP contribution >= 0.6 is 0 Å². The number of benzene rings is 3. The van der Waals surface area contributed by atoms with Crippen LogP contribution in [0, 0.1) is 13.8 Å². The Hall–Kier alpha value is -2.56. The third-order valence-corrected chi connectivity index (χ3v) is 8.31. The maximum Gasteiger partial charge on any atom is 0.240 e. The summed E-state index contributed by atoms with van der Waals surface area (Å²) >= 11 is 0. The molecule has 34 heavy (non-hydrogen) atoms. The number of nitrogens with one attached hydrogen (secondary N) is 2. The van der Waals surface area contributed by atoms with Crippen molar-refractivity contribution in [1.29, 1.82) is 0 Å².